The highest BCUT2D eigenvalue weighted by Gasteiger charge is 2.10. The highest BCUT2D eigenvalue weighted by atomic mass is 16.5. The molecule has 0 bridgehead atoms. The Labute approximate surface area is 166 Å². The van der Waals surface area contributed by atoms with Gasteiger partial charge in [0.05, 0.1) is 12.5 Å². The molecule has 0 radical (unpaired) electrons. The molecule has 0 aliphatic heterocycles. The van der Waals surface area contributed by atoms with E-state index in [1.807, 2.05) is 30.3 Å². The Morgan fingerprint density at radius 3 is 2.31 bits per heavy atom. The van der Waals surface area contributed by atoms with Crippen LogP contribution in [0.4, 0.5) is 16.2 Å². The van der Waals surface area contributed by atoms with Crippen LogP contribution in [0.15, 0.2) is 88.1 Å². The van der Waals surface area contributed by atoms with Crippen LogP contribution in [0.1, 0.15) is 0 Å². The van der Waals surface area contributed by atoms with Crippen LogP contribution in [-0.4, -0.2) is 13.1 Å². The Bertz CT molecular complexity index is 1220. The van der Waals surface area contributed by atoms with E-state index in [2.05, 4.69) is 10.6 Å². The van der Waals surface area contributed by atoms with Gasteiger partial charge in [0.2, 0.25) is 0 Å². The molecule has 3 aromatic carbocycles. The van der Waals surface area contributed by atoms with Crippen molar-refractivity contribution in [3.8, 4) is 17.1 Å². The van der Waals surface area contributed by atoms with E-state index >= 15 is 0 Å². The molecular formula is C23H18N2O4. The average Bonchev–Trinajstić information content (AvgIpc) is 2.75. The van der Waals surface area contributed by atoms with Crippen molar-refractivity contribution in [2.45, 2.75) is 0 Å². The van der Waals surface area contributed by atoms with Gasteiger partial charge in [-0.15, -0.1) is 0 Å². The summed E-state index contributed by atoms with van der Waals surface area (Å²) in [4.78, 5) is 24.8. The first-order valence-electron chi connectivity index (χ1n) is 8.98. The Kier molecular flexibility index (Phi) is 4.99. The molecule has 144 valence electrons. The number of benzene rings is 3. The molecule has 6 heteroatoms. The van der Waals surface area contributed by atoms with Crippen molar-refractivity contribution < 1.29 is 13.9 Å². The van der Waals surface area contributed by atoms with E-state index in [0.29, 0.717) is 28.1 Å². The van der Waals surface area contributed by atoms with Crippen molar-refractivity contribution in [3.63, 3.8) is 0 Å². The molecule has 0 unspecified atom stereocenters. The third kappa shape index (κ3) is 4.11. The first-order chi connectivity index (χ1) is 14.1. The highest BCUT2D eigenvalue weighted by molar-refractivity contribution is 6.00. The van der Waals surface area contributed by atoms with Crippen LogP contribution < -0.4 is 20.8 Å². The zero-order chi connectivity index (χ0) is 20.2. The second-order valence-corrected chi connectivity index (χ2v) is 6.36. The first-order valence-corrected chi connectivity index (χ1v) is 8.98. The molecule has 0 saturated heterocycles. The van der Waals surface area contributed by atoms with Gasteiger partial charge in [-0.05, 0) is 54.6 Å². The normalized spacial score (nSPS) is 10.5. The molecule has 2 amide bonds. The van der Waals surface area contributed by atoms with Crippen LogP contribution in [0.3, 0.4) is 0 Å². The summed E-state index contributed by atoms with van der Waals surface area (Å²) < 4.78 is 11.0. The molecule has 0 aliphatic rings. The molecule has 4 rings (SSSR count). The Morgan fingerprint density at radius 1 is 0.862 bits per heavy atom. The number of fused-ring (bicyclic) bond motifs is 1. The maximum Gasteiger partial charge on any atom is 0.323 e. The minimum absolute atomic E-state index is 0.191. The molecule has 6 nitrogen and oxygen atoms in total. The van der Waals surface area contributed by atoms with E-state index in [9.17, 15) is 9.59 Å². The number of hydrogen-bond donors (Lipinski definition) is 2. The summed E-state index contributed by atoms with van der Waals surface area (Å²) in [6, 6.07) is 22.4. The lowest BCUT2D eigenvalue weighted by atomic mass is 10.1. The molecular weight excluding hydrogens is 368 g/mol. The van der Waals surface area contributed by atoms with Gasteiger partial charge >= 0.3 is 6.03 Å². The van der Waals surface area contributed by atoms with E-state index in [1.54, 1.807) is 49.6 Å². The predicted octanol–water partition coefficient (Wildman–Crippen LogP) is 5.11. The fraction of sp³-hybridized carbons (Fsp3) is 0.0435. The van der Waals surface area contributed by atoms with E-state index in [1.165, 1.54) is 6.07 Å². The van der Waals surface area contributed by atoms with Gasteiger partial charge < -0.3 is 19.8 Å². The maximum atomic E-state index is 12.6. The second-order valence-electron chi connectivity index (χ2n) is 6.36. The van der Waals surface area contributed by atoms with E-state index < -0.39 is 6.03 Å². The van der Waals surface area contributed by atoms with Crippen molar-refractivity contribution >= 4 is 28.4 Å². The molecule has 0 fully saturated rings. The van der Waals surface area contributed by atoms with Crippen molar-refractivity contribution in [2.24, 2.45) is 0 Å². The van der Waals surface area contributed by atoms with Gasteiger partial charge in [-0.3, -0.25) is 4.79 Å². The summed E-state index contributed by atoms with van der Waals surface area (Å²) in [5, 5.41) is 5.84. The van der Waals surface area contributed by atoms with Gasteiger partial charge in [0, 0.05) is 23.0 Å². The Balaban J connectivity index is 1.58. The predicted molar refractivity (Wildman–Crippen MR) is 114 cm³/mol. The van der Waals surface area contributed by atoms with E-state index in [0.717, 1.165) is 11.3 Å². The van der Waals surface area contributed by atoms with Crippen molar-refractivity contribution in [1.82, 2.24) is 0 Å². The Morgan fingerprint density at radius 2 is 1.59 bits per heavy atom. The zero-order valence-corrected chi connectivity index (χ0v) is 15.6. The molecule has 1 heterocycles. The van der Waals surface area contributed by atoms with E-state index in [4.69, 9.17) is 9.15 Å². The third-order valence-electron chi connectivity index (χ3n) is 4.39. The Hall–Kier alpha value is -4.06. The zero-order valence-electron chi connectivity index (χ0n) is 15.6. The number of carbonyl (C=O) groups excluding carboxylic acids is 1. The fourth-order valence-corrected chi connectivity index (χ4v) is 2.95. The quantitative estimate of drug-likeness (QED) is 0.511. The molecule has 0 atom stereocenters. The lowest BCUT2D eigenvalue weighted by molar-refractivity contribution is 0.262. The molecule has 0 saturated carbocycles. The van der Waals surface area contributed by atoms with Crippen molar-refractivity contribution in [3.05, 3.63) is 89.1 Å². The molecule has 0 aliphatic carbocycles. The van der Waals surface area contributed by atoms with Gasteiger partial charge in [-0.2, -0.15) is 0 Å². The minimum atomic E-state index is -0.394. The molecule has 2 N–H and O–H groups in total. The number of ether oxygens (including phenoxy) is 1. The van der Waals surface area contributed by atoms with Gasteiger partial charge in [-0.25, -0.2) is 4.79 Å². The number of amides is 2. The van der Waals surface area contributed by atoms with Gasteiger partial charge in [0.15, 0.2) is 5.43 Å². The first kappa shape index (κ1) is 18.3. The monoisotopic (exact) mass is 386 g/mol. The number of hydrogen-bond acceptors (Lipinski definition) is 4. The molecule has 29 heavy (non-hydrogen) atoms. The summed E-state index contributed by atoms with van der Waals surface area (Å²) in [6.45, 7) is 0. The lowest BCUT2D eigenvalue weighted by Gasteiger charge is -2.09. The smallest absolute Gasteiger partial charge is 0.323 e. The van der Waals surface area contributed by atoms with Crippen LogP contribution in [-0.2, 0) is 0 Å². The molecule has 0 spiro atoms. The number of para-hydroxylation sites is 1. The topological polar surface area (TPSA) is 80.6 Å². The highest BCUT2D eigenvalue weighted by Crippen LogP contribution is 2.25. The molecule has 4 aromatic rings. The second kappa shape index (κ2) is 7.90. The lowest BCUT2D eigenvalue weighted by Crippen LogP contribution is -2.19. The van der Waals surface area contributed by atoms with Crippen molar-refractivity contribution in [2.75, 3.05) is 17.7 Å². The minimum Gasteiger partial charge on any atom is -0.497 e. The average molecular weight is 386 g/mol. The van der Waals surface area contributed by atoms with Gasteiger partial charge in [0.25, 0.3) is 0 Å². The largest absolute Gasteiger partial charge is 0.497 e. The third-order valence-corrected chi connectivity index (χ3v) is 4.39. The van der Waals surface area contributed by atoms with Crippen LogP contribution in [0, 0.1) is 0 Å². The summed E-state index contributed by atoms with van der Waals surface area (Å²) in [5.41, 5.74) is 2.20. The van der Waals surface area contributed by atoms with Crippen LogP contribution >= 0.6 is 0 Å². The number of carbonyl (C=O) groups is 1. The number of methoxy groups -OCH3 is 1. The number of rotatable bonds is 4. The summed E-state index contributed by atoms with van der Waals surface area (Å²) in [7, 11) is 1.59. The van der Waals surface area contributed by atoms with Crippen LogP contribution in [0.2, 0.25) is 0 Å². The van der Waals surface area contributed by atoms with Gasteiger partial charge in [0.1, 0.15) is 17.1 Å². The SMILES string of the molecule is COc1ccc(-c2cc(=O)c3cc(NC(=O)Nc4ccccc4)ccc3o2)cc1. The summed E-state index contributed by atoms with van der Waals surface area (Å²) in [5.74, 6) is 1.19. The number of urea groups is 1. The summed E-state index contributed by atoms with van der Waals surface area (Å²) >= 11 is 0. The van der Waals surface area contributed by atoms with Crippen LogP contribution in [0.25, 0.3) is 22.3 Å². The fourth-order valence-electron chi connectivity index (χ4n) is 2.95. The summed E-state index contributed by atoms with van der Waals surface area (Å²) in [6.07, 6.45) is 0. The molecule has 1 aromatic heterocycles. The number of nitrogens with one attached hydrogen (secondary N) is 2. The van der Waals surface area contributed by atoms with Crippen molar-refractivity contribution in [1.29, 1.82) is 0 Å². The standard InChI is InChI=1S/C23H18N2O4/c1-28-18-10-7-15(8-11-18)22-14-20(26)19-13-17(9-12-21(19)29-22)25-23(27)24-16-5-3-2-4-6-16/h2-14H,1H3,(H2,24,25,27). The number of anilines is 2. The van der Waals surface area contributed by atoms with E-state index in [-0.39, 0.29) is 5.43 Å². The van der Waals surface area contributed by atoms with Gasteiger partial charge in [-0.1, -0.05) is 18.2 Å². The maximum absolute atomic E-state index is 12.6. The van der Waals surface area contributed by atoms with Crippen LogP contribution in [0.5, 0.6) is 5.75 Å².